The van der Waals surface area contributed by atoms with E-state index in [2.05, 4.69) is 0 Å². The van der Waals surface area contributed by atoms with E-state index >= 15 is 0 Å². The molecule has 0 aromatic heterocycles. The summed E-state index contributed by atoms with van der Waals surface area (Å²) in [7, 11) is 0. The lowest BCUT2D eigenvalue weighted by atomic mass is 10.1. The Balaban J connectivity index is 3.08. The molecule has 11 heavy (non-hydrogen) atoms. The zero-order valence-electron chi connectivity index (χ0n) is 6.62. The number of unbranched alkanes of at least 4 members (excludes halogenated alkanes) is 1. The van der Waals surface area contributed by atoms with Crippen molar-refractivity contribution in [3.8, 4) is 0 Å². The molecule has 0 amide bonds. The summed E-state index contributed by atoms with van der Waals surface area (Å²) in [5.41, 5.74) is 10.8. The van der Waals surface area contributed by atoms with Crippen LogP contribution >= 0.6 is 0 Å². The van der Waals surface area contributed by atoms with Gasteiger partial charge in [-0.1, -0.05) is 6.42 Å². The fourth-order valence-electron chi connectivity index (χ4n) is 0.801. The van der Waals surface area contributed by atoms with Crippen LogP contribution in [0.2, 0.25) is 0 Å². The molecule has 66 valence electrons. The van der Waals surface area contributed by atoms with E-state index in [1.165, 1.54) is 0 Å². The van der Waals surface area contributed by atoms with Gasteiger partial charge in [-0.2, -0.15) is 0 Å². The topological polar surface area (TPSA) is 89.3 Å². The van der Waals surface area contributed by atoms with Crippen LogP contribution in [0.15, 0.2) is 0 Å². The maximum Gasteiger partial charge on any atom is 0.303 e. The summed E-state index contributed by atoms with van der Waals surface area (Å²) in [5.74, 6) is -0.744. The Bertz CT molecular complexity index is 117. The summed E-state index contributed by atoms with van der Waals surface area (Å²) in [5, 5.41) is 8.28. The Hall–Kier alpha value is -0.610. The summed E-state index contributed by atoms with van der Waals surface area (Å²) in [6, 6.07) is 0.0313. The maximum atomic E-state index is 10.1. The standard InChI is InChI=1S/C7H16N2O2/c8-5-6(9)3-1-2-4-7(10)11/h6H,1-5,8-9H2,(H,10,11). The van der Waals surface area contributed by atoms with Crippen LogP contribution < -0.4 is 11.5 Å². The van der Waals surface area contributed by atoms with E-state index in [1.54, 1.807) is 0 Å². The molecule has 0 rings (SSSR count). The number of carbonyl (C=O) groups is 1. The zero-order chi connectivity index (χ0) is 8.69. The number of carboxylic acids is 1. The smallest absolute Gasteiger partial charge is 0.303 e. The van der Waals surface area contributed by atoms with Gasteiger partial charge in [-0.3, -0.25) is 4.79 Å². The van der Waals surface area contributed by atoms with Crippen molar-refractivity contribution < 1.29 is 9.90 Å². The maximum absolute atomic E-state index is 10.1. The second-order valence-corrected chi connectivity index (χ2v) is 2.64. The zero-order valence-corrected chi connectivity index (χ0v) is 6.62. The molecule has 0 fully saturated rings. The lowest BCUT2D eigenvalue weighted by Gasteiger charge is -2.06. The molecule has 1 atom stereocenters. The number of rotatable bonds is 6. The Labute approximate surface area is 66.6 Å². The van der Waals surface area contributed by atoms with Crippen LogP contribution in [-0.4, -0.2) is 23.7 Å². The summed E-state index contributed by atoms with van der Waals surface area (Å²) < 4.78 is 0. The second-order valence-electron chi connectivity index (χ2n) is 2.64. The average molecular weight is 160 g/mol. The third-order valence-corrected chi connectivity index (χ3v) is 1.52. The summed E-state index contributed by atoms with van der Waals surface area (Å²) in [6.45, 7) is 0.479. The van der Waals surface area contributed by atoms with Gasteiger partial charge in [0.2, 0.25) is 0 Å². The van der Waals surface area contributed by atoms with Crippen molar-refractivity contribution in [2.24, 2.45) is 11.5 Å². The van der Waals surface area contributed by atoms with Crippen LogP contribution in [0.25, 0.3) is 0 Å². The van der Waals surface area contributed by atoms with Crippen LogP contribution in [-0.2, 0) is 4.79 Å². The molecular weight excluding hydrogens is 144 g/mol. The first-order valence-corrected chi connectivity index (χ1v) is 3.84. The van der Waals surface area contributed by atoms with Crippen molar-refractivity contribution in [2.45, 2.75) is 31.7 Å². The monoisotopic (exact) mass is 160 g/mol. The largest absolute Gasteiger partial charge is 0.481 e. The van der Waals surface area contributed by atoms with E-state index in [0.29, 0.717) is 13.0 Å². The van der Waals surface area contributed by atoms with Gasteiger partial charge in [0.05, 0.1) is 0 Å². The SMILES string of the molecule is NCC(N)CCCCC(=O)O. The molecular formula is C7H16N2O2. The first-order valence-electron chi connectivity index (χ1n) is 3.84. The van der Waals surface area contributed by atoms with Crippen molar-refractivity contribution in [3.05, 3.63) is 0 Å². The molecule has 0 saturated heterocycles. The lowest BCUT2D eigenvalue weighted by Crippen LogP contribution is -2.29. The van der Waals surface area contributed by atoms with Gasteiger partial charge in [0.15, 0.2) is 0 Å². The van der Waals surface area contributed by atoms with E-state index < -0.39 is 5.97 Å². The molecule has 4 heteroatoms. The molecule has 0 aromatic carbocycles. The van der Waals surface area contributed by atoms with E-state index in [-0.39, 0.29) is 12.5 Å². The fraction of sp³-hybridized carbons (Fsp3) is 0.857. The second kappa shape index (κ2) is 6.12. The Morgan fingerprint density at radius 3 is 2.55 bits per heavy atom. The molecule has 0 aliphatic heterocycles. The Kier molecular flexibility index (Phi) is 5.78. The molecule has 1 unspecified atom stereocenters. The normalized spacial score (nSPS) is 12.9. The molecule has 0 aromatic rings. The number of aliphatic carboxylic acids is 1. The van der Waals surface area contributed by atoms with Crippen molar-refractivity contribution in [1.29, 1.82) is 0 Å². The van der Waals surface area contributed by atoms with E-state index in [4.69, 9.17) is 16.6 Å². The number of hydrogen-bond acceptors (Lipinski definition) is 3. The third-order valence-electron chi connectivity index (χ3n) is 1.52. The van der Waals surface area contributed by atoms with E-state index in [9.17, 15) is 4.79 Å². The molecule has 5 N–H and O–H groups in total. The highest BCUT2D eigenvalue weighted by Crippen LogP contribution is 2.01. The first kappa shape index (κ1) is 10.4. The van der Waals surface area contributed by atoms with Crippen LogP contribution in [0, 0.1) is 0 Å². The predicted molar refractivity (Wildman–Crippen MR) is 43.1 cm³/mol. The van der Waals surface area contributed by atoms with Crippen LogP contribution in [0.1, 0.15) is 25.7 Å². The quantitative estimate of drug-likeness (QED) is 0.474. The summed E-state index contributed by atoms with van der Waals surface area (Å²) in [4.78, 5) is 10.1. The molecule has 0 saturated carbocycles. The molecule has 0 radical (unpaired) electrons. The summed E-state index contributed by atoms with van der Waals surface area (Å²) >= 11 is 0. The predicted octanol–water partition coefficient (Wildman–Crippen LogP) is -0.0826. The van der Waals surface area contributed by atoms with Crippen molar-refractivity contribution >= 4 is 5.97 Å². The van der Waals surface area contributed by atoms with Crippen LogP contribution in [0.4, 0.5) is 0 Å². The van der Waals surface area contributed by atoms with Crippen molar-refractivity contribution in [2.75, 3.05) is 6.54 Å². The van der Waals surface area contributed by atoms with Gasteiger partial charge in [-0.25, -0.2) is 0 Å². The van der Waals surface area contributed by atoms with Gasteiger partial charge in [-0.05, 0) is 12.8 Å². The van der Waals surface area contributed by atoms with Gasteiger partial charge in [-0.15, -0.1) is 0 Å². The van der Waals surface area contributed by atoms with E-state index in [0.717, 1.165) is 12.8 Å². The number of nitrogens with two attached hydrogens (primary N) is 2. The average Bonchev–Trinajstić information content (AvgIpc) is 1.97. The molecule has 0 bridgehead atoms. The lowest BCUT2D eigenvalue weighted by molar-refractivity contribution is -0.137. The van der Waals surface area contributed by atoms with Crippen molar-refractivity contribution in [1.82, 2.24) is 0 Å². The Morgan fingerprint density at radius 1 is 1.45 bits per heavy atom. The molecule has 0 heterocycles. The highest BCUT2D eigenvalue weighted by Gasteiger charge is 2.00. The van der Waals surface area contributed by atoms with Gasteiger partial charge in [0.1, 0.15) is 0 Å². The van der Waals surface area contributed by atoms with Gasteiger partial charge >= 0.3 is 5.97 Å². The molecule has 0 spiro atoms. The van der Waals surface area contributed by atoms with Gasteiger partial charge in [0, 0.05) is 19.0 Å². The highest BCUT2D eigenvalue weighted by atomic mass is 16.4. The van der Waals surface area contributed by atoms with Crippen LogP contribution in [0.3, 0.4) is 0 Å². The third kappa shape index (κ3) is 7.29. The first-order chi connectivity index (χ1) is 5.16. The Morgan fingerprint density at radius 2 is 2.09 bits per heavy atom. The summed E-state index contributed by atoms with van der Waals surface area (Å²) in [6.07, 6.45) is 2.61. The fourth-order valence-corrected chi connectivity index (χ4v) is 0.801. The molecule has 4 nitrogen and oxygen atoms in total. The van der Waals surface area contributed by atoms with Crippen LogP contribution in [0.5, 0.6) is 0 Å². The van der Waals surface area contributed by atoms with Gasteiger partial charge in [0.25, 0.3) is 0 Å². The molecule has 0 aliphatic carbocycles. The van der Waals surface area contributed by atoms with Gasteiger partial charge < -0.3 is 16.6 Å². The number of carboxylic acid groups (broad SMARTS) is 1. The minimum atomic E-state index is -0.744. The van der Waals surface area contributed by atoms with Crippen molar-refractivity contribution in [3.63, 3.8) is 0 Å². The van der Waals surface area contributed by atoms with E-state index in [1.807, 2.05) is 0 Å². The highest BCUT2D eigenvalue weighted by molar-refractivity contribution is 5.66. The number of hydrogen-bond donors (Lipinski definition) is 3. The minimum absolute atomic E-state index is 0.0313. The molecule has 0 aliphatic rings. The minimum Gasteiger partial charge on any atom is -0.481 e.